The van der Waals surface area contributed by atoms with Crippen molar-refractivity contribution in [2.45, 2.75) is 0 Å². The maximum Gasteiger partial charge on any atom is 0.137 e. The third-order valence-corrected chi connectivity index (χ3v) is 8.26. The fourth-order valence-corrected chi connectivity index (χ4v) is 6.05. The first-order chi connectivity index (χ1) is 21.8. The lowest BCUT2D eigenvalue weighted by atomic mass is 10.00. The molecule has 0 aliphatic carbocycles. The van der Waals surface area contributed by atoms with E-state index in [0.29, 0.717) is 0 Å². The van der Waals surface area contributed by atoms with Crippen LogP contribution in [0.25, 0.3) is 55.3 Å². The number of anilines is 3. The second-order valence-corrected chi connectivity index (χ2v) is 11.0. The van der Waals surface area contributed by atoms with Crippen molar-refractivity contribution >= 4 is 38.8 Å². The van der Waals surface area contributed by atoms with Crippen LogP contribution < -0.4 is 4.90 Å². The van der Waals surface area contributed by atoms with Gasteiger partial charge in [-0.2, -0.15) is 0 Å². The largest absolute Gasteiger partial charge is 0.456 e. The second kappa shape index (κ2) is 11.1. The molecule has 0 saturated heterocycles. The fraction of sp³-hybridized carbons (Fsp3) is 0. The Morgan fingerprint density at radius 1 is 0.364 bits per heavy atom. The second-order valence-electron chi connectivity index (χ2n) is 11.0. The summed E-state index contributed by atoms with van der Waals surface area (Å²) in [5.41, 5.74) is 9.86. The first-order valence-electron chi connectivity index (χ1n) is 14.9. The van der Waals surface area contributed by atoms with Crippen LogP contribution in [0.3, 0.4) is 0 Å². The number of hydrogen-bond acceptors (Lipinski definition) is 2. The Balaban J connectivity index is 1.27. The van der Waals surface area contributed by atoms with E-state index in [0.717, 1.165) is 39.4 Å². The van der Waals surface area contributed by atoms with Gasteiger partial charge in [-0.15, -0.1) is 0 Å². The van der Waals surface area contributed by atoms with Crippen LogP contribution in [0.5, 0.6) is 0 Å². The molecule has 0 unspecified atom stereocenters. The zero-order valence-corrected chi connectivity index (χ0v) is 24.1. The predicted octanol–water partition coefficient (Wildman–Crippen LogP) is 12.1. The molecule has 2 heteroatoms. The molecule has 0 N–H and O–H groups in total. The summed E-state index contributed by atoms with van der Waals surface area (Å²) in [4.78, 5) is 2.33. The third kappa shape index (κ3) is 4.83. The quantitative estimate of drug-likeness (QED) is 0.200. The van der Waals surface area contributed by atoms with E-state index in [9.17, 15) is 0 Å². The van der Waals surface area contributed by atoms with E-state index in [2.05, 4.69) is 163 Å². The summed E-state index contributed by atoms with van der Waals surface area (Å²) in [5, 5.41) is 3.59. The summed E-state index contributed by atoms with van der Waals surface area (Å²) in [6.07, 6.45) is 0. The molecule has 0 amide bonds. The number of furan rings is 1. The summed E-state index contributed by atoms with van der Waals surface area (Å²) < 4.78 is 6.40. The van der Waals surface area contributed by atoms with E-state index in [1.807, 2.05) is 18.2 Å². The number of rotatable bonds is 6. The van der Waals surface area contributed by atoms with Gasteiger partial charge in [-0.3, -0.25) is 0 Å². The van der Waals surface area contributed by atoms with E-state index in [-0.39, 0.29) is 0 Å². The standard InChI is InChI=1S/C42H29NO/c1-2-11-30(12-3-1)34-16-10-17-38(28-34)43(40-19-8-7-18-39(40)42-29-36-15-6-9-20-41(36)44-42)37-25-23-32(24-26-37)35-22-21-31-13-4-5-14-33(31)27-35/h1-29H. The first-order valence-corrected chi connectivity index (χ1v) is 14.9. The molecule has 0 radical (unpaired) electrons. The van der Waals surface area contributed by atoms with Crippen LogP contribution in [-0.4, -0.2) is 0 Å². The number of hydrogen-bond donors (Lipinski definition) is 0. The molecule has 208 valence electrons. The van der Waals surface area contributed by atoms with E-state index in [1.165, 1.54) is 33.0 Å². The summed E-state index contributed by atoms with van der Waals surface area (Å²) in [7, 11) is 0. The maximum atomic E-state index is 6.40. The summed E-state index contributed by atoms with van der Waals surface area (Å²) in [6, 6.07) is 62.1. The Kier molecular flexibility index (Phi) is 6.51. The van der Waals surface area contributed by atoms with Crippen molar-refractivity contribution in [3.63, 3.8) is 0 Å². The molecule has 0 bridgehead atoms. The highest BCUT2D eigenvalue weighted by Crippen LogP contribution is 2.43. The minimum atomic E-state index is 0.846. The Bertz CT molecular complexity index is 2190. The van der Waals surface area contributed by atoms with Crippen molar-refractivity contribution in [3.8, 4) is 33.6 Å². The Morgan fingerprint density at radius 2 is 1.00 bits per heavy atom. The smallest absolute Gasteiger partial charge is 0.137 e. The van der Waals surface area contributed by atoms with E-state index in [1.54, 1.807) is 0 Å². The zero-order chi connectivity index (χ0) is 29.3. The molecule has 2 nitrogen and oxygen atoms in total. The molecule has 0 atom stereocenters. The van der Waals surface area contributed by atoms with Crippen LogP contribution in [0, 0.1) is 0 Å². The lowest BCUT2D eigenvalue weighted by Gasteiger charge is -2.28. The molecule has 0 fully saturated rings. The molecule has 8 rings (SSSR count). The fourth-order valence-electron chi connectivity index (χ4n) is 6.05. The molecule has 44 heavy (non-hydrogen) atoms. The molecule has 0 spiro atoms. The van der Waals surface area contributed by atoms with Gasteiger partial charge in [0.2, 0.25) is 0 Å². The highest BCUT2D eigenvalue weighted by atomic mass is 16.3. The molecule has 1 heterocycles. The molecule has 0 aliphatic rings. The van der Waals surface area contributed by atoms with Crippen LogP contribution in [0.4, 0.5) is 17.1 Å². The first kappa shape index (κ1) is 25.8. The van der Waals surface area contributed by atoms with E-state index < -0.39 is 0 Å². The lowest BCUT2D eigenvalue weighted by Crippen LogP contribution is -2.11. The van der Waals surface area contributed by atoms with Gasteiger partial charge in [0.05, 0.1) is 5.69 Å². The van der Waals surface area contributed by atoms with Crippen LogP contribution in [0.1, 0.15) is 0 Å². The number of benzene rings is 7. The molecule has 0 saturated carbocycles. The monoisotopic (exact) mass is 563 g/mol. The van der Waals surface area contributed by atoms with Gasteiger partial charge in [0, 0.05) is 22.3 Å². The van der Waals surface area contributed by atoms with Gasteiger partial charge in [-0.25, -0.2) is 0 Å². The minimum absolute atomic E-state index is 0.846. The highest BCUT2D eigenvalue weighted by molar-refractivity contribution is 5.92. The number of para-hydroxylation sites is 2. The summed E-state index contributed by atoms with van der Waals surface area (Å²) in [6.45, 7) is 0. The van der Waals surface area contributed by atoms with Crippen molar-refractivity contribution in [1.29, 1.82) is 0 Å². The van der Waals surface area contributed by atoms with E-state index in [4.69, 9.17) is 4.42 Å². The maximum absolute atomic E-state index is 6.40. The molecule has 1 aromatic heterocycles. The van der Waals surface area contributed by atoms with Crippen molar-refractivity contribution in [2.75, 3.05) is 4.90 Å². The topological polar surface area (TPSA) is 16.4 Å². The van der Waals surface area contributed by atoms with Gasteiger partial charge in [0.1, 0.15) is 11.3 Å². The minimum Gasteiger partial charge on any atom is -0.456 e. The van der Waals surface area contributed by atoms with E-state index >= 15 is 0 Å². The summed E-state index contributed by atoms with van der Waals surface area (Å²) in [5.74, 6) is 0.846. The normalized spacial score (nSPS) is 11.2. The summed E-state index contributed by atoms with van der Waals surface area (Å²) >= 11 is 0. The van der Waals surface area contributed by atoms with Crippen LogP contribution >= 0.6 is 0 Å². The average Bonchev–Trinajstić information content (AvgIpc) is 3.54. The highest BCUT2D eigenvalue weighted by Gasteiger charge is 2.19. The van der Waals surface area contributed by atoms with Gasteiger partial charge >= 0.3 is 0 Å². The number of fused-ring (bicyclic) bond motifs is 2. The van der Waals surface area contributed by atoms with Crippen LogP contribution in [0.2, 0.25) is 0 Å². The van der Waals surface area contributed by atoms with Gasteiger partial charge in [-0.1, -0.05) is 121 Å². The van der Waals surface area contributed by atoms with Gasteiger partial charge in [0.15, 0.2) is 0 Å². The van der Waals surface area contributed by atoms with Crippen molar-refractivity contribution in [2.24, 2.45) is 0 Å². The Hall–Kier alpha value is -5.86. The van der Waals surface area contributed by atoms with Gasteiger partial charge in [0.25, 0.3) is 0 Å². The zero-order valence-electron chi connectivity index (χ0n) is 24.1. The molecule has 8 aromatic rings. The Morgan fingerprint density at radius 3 is 1.84 bits per heavy atom. The lowest BCUT2D eigenvalue weighted by molar-refractivity contribution is 0.631. The molecular formula is C42H29NO. The predicted molar refractivity (Wildman–Crippen MR) is 185 cm³/mol. The van der Waals surface area contributed by atoms with Crippen LogP contribution in [-0.2, 0) is 0 Å². The van der Waals surface area contributed by atoms with Crippen molar-refractivity contribution in [1.82, 2.24) is 0 Å². The van der Waals surface area contributed by atoms with Crippen LogP contribution in [0.15, 0.2) is 180 Å². The van der Waals surface area contributed by atoms with Gasteiger partial charge < -0.3 is 9.32 Å². The van der Waals surface area contributed by atoms with Crippen molar-refractivity contribution < 1.29 is 4.42 Å². The number of nitrogens with zero attached hydrogens (tertiary/aromatic N) is 1. The average molecular weight is 564 g/mol. The molecule has 7 aromatic carbocycles. The third-order valence-electron chi connectivity index (χ3n) is 8.26. The SMILES string of the molecule is c1ccc(-c2cccc(N(c3ccc(-c4ccc5ccccc5c4)cc3)c3ccccc3-c3cc4ccccc4o3)c2)cc1. The Labute approximate surface area is 257 Å². The molecular weight excluding hydrogens is 534 g/mol. The van der Waals surface area contributed by atoms with Crippen molar-refractivity contribution in [3.05, 3.63) is 176 Å². The van der Waals surface area contributed by atoms with Gasteiger partial charge in [-0.05, 0) is 87.6 Å². The molecule has 0 aliphatic heterocycles.